The maximum atomic E-state index is 9.31. The van der Waals surface area contributed by atoms with Crippen molar-refractivity contribution < 1.29 is 0 Å². The van der Waals surface area contributed by atoms with Crippen LogP contribution < -0.4 is 5.32 Å². The van der Waals surface area contributed by atoms with E-state index in [2.05, 4.69) is 21.4 Å². The highest BCUT2D eigenvalue weighted by Gasteiger charge is 2.31. The molecule has 2 rings (SSSR count). The fraction of sp³-hybridized carbons (Fsp3) is 0.667. The Bertz CT molecular complexity index is 487. The third-order valence-corrected chi connectivity index (χ3v) is 4.29. The van der Waals surface area contributed by atoms with Crippen molar-refractivity contribution in [2.45, 2.75) is 63.2 Å². The van der Waals surface area contributed by atoms with E-state index in [4.69, 9.17) is 0 Å². The molecule has 0 saturated heterocycles. The summed E-state index contributed by atoms with van der Waals surface area (Å²) in [6.07, 6.45) is 4.29. The second-order valence-corrected chi connectivity index (χ2v) is 6.81. The SMILES string of the molecule is Cc1cc(C)nc(SCCCC(C)(C#N)NC2CC2)n1. The Morgan fingerprint density at radius 1 is 1.40 bits per heavy atom. The zero-order chi connectivity index (χ0) is 14.6. The van der Waals surface area contributed by atoms with Crippen LogP contribution in [0.1, 0.15) is 44.0 Å². The molecule has 1 aromatic heterocycles. The molecule has 0 aliphatic heterocycles. The van der Waals surface area contributed by atoms with Gasteiger partial charge in [-0.3, -0.25) is 5.32 Å². The van der Waals surface area contributed by atoms with Gasteiger partial charge in [0.15, 0.2) is 5.16 Å². The van der Waals surface area contributed by atoms with Crippen molar-refractivity contribution in [1.29, 1.82) is 5.26 Å². The van der Waals surface area contributed by atoms with Crippen molar-refractivity contribution in [3.05, 3.63) is 17.5 Å². The zero-order valence-corrected chi connectivity index (χ0v) is 13.3. The number of nitrogens with one attached hydrogen (secondary N) is 1. The summed E-state index contributed by atoms with van der Waals surface area (Å²) in [5, 5.41) is 13.6. The molecule has 4 nitrogen and oxygen atoms in total. The van der Waals surface area contributed by atoms with Crippen molar-refractivity contribution in [2.24, 2.45) is 0 Å². The molecule has 0 radical (unpaired) electrons. The van der Waals surface area contributed by atoms with Crippen molar-refractivity contribution in [3.8, 4) is 6.07 Å². The lowest BCUT2D eigenvalue weighted by Crippen LogP contribution is -2.42. The normalized spacial score (nSPS) is 17.5. The van der Waals surface area contributed by atoms with Gasteiger partial charge in [0.25, 0.3) is 0 Å². The van der Waals surface area contributed by atoms with Gasteiger partial charge in [0, 0.05) is 23.2 Å². The topological polar surface area (TPSA) is 61.6 Å². The van der Waals surface area contributed by atoms with Crippen molar-refractivity contribution in [1.82, 2.24) is 15.3 Å². The highest BCUT2D eigenvalue weighted by atomic mass is 32.2. The lowest BCUT2D eigenvalue weighted by molar-refractivity contribution is 0.411. The molecule has 108 valence electrons. The fourth-order valence-corrected chi connectivity index (χ4v) is 3.07. The van der Waals surface area contributed by atoms with Gasteiger partial charge in [0.1, 0.15) is 5.54 Å². The van der Waals surface area contributed by atoms with E-state index in [9.17, 15) is 5.26 Å². The van der Waals surface area contributed by atoms with Crippen LogP contribution in [0.15, 0.2) is 11.2 Å². The first-order chi connectivity index (χ1) is 9.50. The number of aryl methyl sites for hydroxylation is 2. The van der Waals surface area contributed by atoms with Gasteiger partial charge in [0.05, 0.1) is 6.07 Å². The average molecular weight is 290 g/mol. The van der Waals surface area contributed by atoms with E-state index in [0.717, 1.165) is 35.1 Å². The summed E-state index contributed by atoms with van der Waals surface area (Å²) in [4.78, 5) is 8.84. The standard InChI is InChI=1S/C15H22N4S/c1-11-9-12(2)18-14(17-11)20-8-4-7-15(3,10-16)19-13-5-6-13/h9,13,19H,4-8H2,1-3H3. The summed E-state index contributed by atoms with van der Waals surface area (Å²) in [7, 11) is 0. The van der Waals surface area contributed by atoms with Crippen LogP contribution in [0.3, 0.4) is 0 Å². The van der Waals surface area contributed by atoms with E-state index in [1.165, 1.54) is 12.8 Å². The molecule has 0 spiro atoms. The van der Waals surface area contributed by atoms with Crippen LogP contribution in [0, 0.1) is 25.2 Å². The minimum absolute atomic E-state index is 0.384. The molecule has 1 heterocycles. The molecule has 0 amide bonds. The Kier molecular flexibility index (Phi) is 5.00. The molecule has 1 unspecified atom stereocenters. The number of thioether (sulfide) groups is 1. The third-order valence-electron chi connectivity index (χ3n) is 3.36. The number of hydrogen-bond donors (Lipinski definition) is 1. The molecule has 5 heteroatoms. The van der Waals surface area contributed by atoms with Gasteiger partial charge in [-0.05, 0) is 52.5 Å². The average Bonchev–Trinajstić information content (AvgIpc) is 3.17. The molecule has 1 saturated carbocycles. The Balaban J connectivity index is 1.76. The molecule has 20 heavy (non-hydrogen) atoms. The van der Waals surface area contributed by atoms with E-state index in [1.807, 2.05) is 26.8 Å². The molecule has 1 atom stereocenters. The van der Waals surface area contributed by atoms with Crippen LogP contribution in [0.4, 0.5) is 0 Å². The van der Waals surface area contributed by atoms with Gasteiger partial charge in [-0.1, -0.05) is 11.8 Å². The zero-order valence-electron chi connectivity index (χ0n) is 12.4. The van der Waals surface area contributed by atoms with Crippen LogP contribution in [-0.2, 0) is 0 Å². The molecule has 1 aliphatic rings. The van der Waals surface area contributed by atoms with E-state index in [-0.39, 0.29) is 5.54 Å². The van der Waals surface area contributed by atoms with Crippen LogP contribution in [0.2, 0.25) is 0 Å². The number of aromatic nitrogens is 2. The van der Waals surface area contributed by atoms with Crippen LogP contribution in [0.25, 0.3) is 0 Å². The second kappa shape index (κ2) is 6.55. The first-order valence-electron chi connectivity index (χ1n) is 7.15. The van der Waals surface area contributed by atoms with Crippen molar-refractivity contribution >= 4 is 11.8 Å². The van der Waals surface area contributed by atoms with Gasteiger partial charge in [-0.25, -0.2) is 9.97 Å². The number of nitrogens with zero attached hydrogens (tertiary/aromatic N) is 3. The largest absolute Gasteiger partial charge is 0.297 e. The van der Waals surface area contributed by atoms with E-state index >= 15 is 0 Å². The minimum atomic E-state index is -0.384. The quantitative estimate of drug-likeness (QED) is 0.475. The number of hydrogen-bond acceptors (Lipinski definition) is 5. The monoisotopic (exact) mass is 290 g/mol. The third kappa shape index (κ3) is 4.77. The van der Waals surface area contributed by atoms with E-state index < -0.39 is 0 Å². The highest BCUT2D eigenvalue weighted by molar-refractivity contribution is 7.99. The second-order valence-electron chi connectivity index (χ2n) is 5.75. The predicted molar refractivity (Wildman–Crippen MR) is 81.6 cm³/mol. The Morgan fingerprint density at radius 3 is 2.60 bits per heavy atom. The first kappa shape index (κ1) is 15.3. The highest BCUT2D eigenvalue weighted by Crippen LogP contribution is 2.25. The van der Waals surface area contributed by atoms with Gasteiger partial charge in [-0.15, -0.1) is 0 Å². The maximum absolute atomic E-state index is 9.31. The fourth-order valence-electron chi connectivity index (χ4n) is 2.19. The molecule has 1 aromatic rings. The number of nitriles is 1. The molecule has 1 fully saturated rings. The van der Waals surface area contributed by atoms with Gasteiger partial charge in [-0.2, -0.15) is 5.26 Å². The summed E-state index contributed by atoms with van der Waals surface area (Å²) in [5.41, 5.74) is 1.64. The molecule has 1 N–H and O–H groups in total. The van der Waals surface area contributed by atoms with Crippen LogP contribution in [0.5, 0.6) is 0 Å². The van der Waals surface area contributed by atoms with E-state index in [0.29, 0.717) is 6.04 Å². The molecule has 0 bridgehead atoms. The predicted octanol–water partition coefficient (Wildman–Crippen LogP) is 3.00. The van der Waals surface area contributed by atoms with Gasteiger partial charge < -0.3 is 0 Å². The van der Waals surface area contributed by atoms with E-state index in [1.54, 1.807) is 11.8 Å². The van der Waals surface area contributed by atoms with Crippen LogP contribution in [-0.4, -0.2) is 27.3 Å². The maximum Gasteiger partial charge on any atom is 0.187 e. The number of rotatable bonds is 7. The van der Waals surface area contributed by atoms with Gasteiger partial charge in [0.2, 0.25) is 0 Å². The lowest BCUT2D eigenvalue weighted by Gasteiger charge is -2.22. The smallest absolute Gasteiger partial charge is 0.187 e. The Morgan fingerprint density at radius 2 is 2.05 bits per heavy atom. The van der Waals surface area contributed by atoms with Crippen LogP contribution >= 0.6 is 11.8 Å². The molecular formula is C15H22N4S. The molecule has 0 aromatic carbocycles. The van der Waals surface area contributed by atoms with Crippen molar-refractivity contribution in [3.63, 3.8) is 0 Å². The van der Waals surface area contributed by atoms with Gasteiger partial charge >= 0.3 is 0 Å². The minimum Gasteiger partial charge on any atom is -0.297 e. The Labute approximate surface area is 125 Å². The summed E-state index contributed by atoms with van der Waals surface area (Å²) >= 11 is 1.68. The summed E-state index contributed by atoms with van der Waals surface area (Å²) in [5.74, 6) is 0.951. The summed E-state index contributed by atoms with van der Waals surface area (Å²) < 4.78 is 0. The Hall–Kier alpha value is -1.12. The lowest BCUT2D eigenvalue weighted by atomic mass is 9.98. The molecule has 1 aliphatic carbocycles. The molecular weight excluding hydrogens is 268 g/mol. The summed E-state index contributed by atoms with van der Waals surface area (Å²) in [6.45, 7) is 5.99. The first-order valence-corrected chi connectivity index (χ1v) is 8.13. The van der Waals surface area contributed by atoms with Crippen molar-refractivity contribution in [2.75, 3.05) is 5.75 Å². The summed E-state index contributed by atoms with van der Waals surface area (Å²) in [6, 6.07) is 4.96.